The van der Waals surface area contributed by atoms with E-state index in [1.807, 2.05) is 4.72 Å². The van der Waals surface area contributed by atoms with Gasteiger partial charge in [0.05, 0.1) is 25.1 Å². The molecule has 1 saturated heterocycles. The van der Waals surface area contributed by atoms with E-state index >= 15 is 8.78 Å². The number of sulfonamides is 1. The van der Waals surface area contributed by atoms with E-state index < -0.39 is 70.0 Å². The Labute approximate surface area is 277 Å². The number of nitrogens with zero attached hydrogens (tertiary/aromatic N) is 1. The number of alkyl halides is 2. The number of piperidine rings is 1. The SMILES string of the molecule is CC(C)(C)OC(=O)CCOc1c(F)cccc1-c1cccc(C[C@H]2[C@@H](NS(=O)(=O)CF)[C@@H](F)CCN2C(=O)OCc2ccccc2)c1F. The molecule has 9 nitrogen and oxygen atoms in total. The van der Waals surface area contributed by atoms with Crippen LogP contribution in [0.2, 0.25) is 0 Å². The van der Waals surface area contributed by atoms with E-state index in [4.69, 9.17) is 14.2 Å². The largest absolute Gasteiger partial charge is 0.489 e. The van der Waals surface area contributed by atoms with Crippen LogP contribution in [0.3, 0.4) is 0 Å². The molecule has 0 spiro atoms. The molecule has 3 aromatic rings. The minimum Gasteiger partial charge on any atom is -0.489 e. The Bertz CT molecular complexity index is 1690. The third-order valence-corrected chi connectivity index (χ3v) is 8.41. The average Bonchev–Trinajstić information content (AvgIpc) is 3.03. The van der Waals surface area contributed by atoms with Crippen LogP contribution >= 0.6 is 0 Å². The molecule has 1 aliphatic rings. The molecule has 48 heavy (non-hydrogen) atoms. The maximum Gasteiger partial charge on any atom is 0.410 e. The highest BCUT2D eigenvalue weighted by Gasteiger charge is 2.43. The topological polar surface area (TPSA) is 111 Å². The number of amides is 1. The zero-order valence-electron chi connectivity index (χ0n) is 26.8. The highest BCUT2D eigenvalue weighted by molar-refractivity contribution is 7.89. The second-order valence-electron chi connectivity index (χ2n) is 12.3. The van der Waals surface area contributed by atoms with Crippen LogP contribution in [0.15, 0.2) is 66.7 Å². The maximum atomic E-state index is 16.3. The van der Waals surface area contributed by atoms with Crippen molar-refractivity contribution in [2.45, 2.75) is 70.5 Å². The van der Waals surface area contributed by atoms with Gasteiger partial charge in [-0.05, 0) is 50.8 Å². The van der Waals surface area contributed by atoms with Gasteiger partial charge in [0, 0.05) is 17.7 Å². The number of carbonyl (C=O) groups is 2. The number of para-hydroxylation sites is 1. The first-order chi connectivity index (χ1) is 22.7. The number of likely N-dealkylation sites (tertiary alicyclic amines) is 1. The molecule has 1 amide bonds. The molecule has 3 atom stereocenters. The smallest absolute Gasteiger partial charge is 0.410 e. The number of ether oxygens (including phenoxy) is 3. The minimum absolute atomic E-state index is 0.0133. The molecule has 1 N–H and O–H groups in total. The lowest BCUT2D eigenvalue weighted by molar-refractivity contribution is -0.155. The highest BCUT2D eigenvalue weighted by Crippen LogP contribution is 2.36. The predicted molar refractivity (Wildman–Crippen MR) is 170 cm³/mol. The Morgan fingerprint density at radius 3 is 2.35 bits per heavy atom. The van der Waals surface area contributed by atoms with E-state index in [9.17, 15) is 26.8 Å². The van der Waals surface area contributed by atoms with Crippen LogP contribution in [0.5, 0.6) is 5.75 Å². The first-order valence-electron chi connectivity index (χ1n) is 15.3. The van der Waals surface area contributed by atoms with E-state index in [0.29, 0.717) is 5.56 Å². The highest BCUT2D eigenvalue weighted by atomic mass is 32.2. The van der Waals surface area contributed by atoms with Crippen molar-refractivity contribution < 1.29 is 49.8 Å². The van der Waals surface area contributed by atoms with Gasteiger partial charge in [0.1, 0.15) is 24.2 Å². The molecular weight excluding hydrogens is 656 g/mol. The van der Waals surface area contributed by atoms with E-state index in [1.54, 1.807) is 51.1 Å². The predicted octanol–water partition coefficient (Wildman–Crippen LogP) is 6.25. The molecule has 0 aromatic heterocycles. The Morgan fingerprint density at radius 2 is 1.67 bits per heavy atom. The van der Waals surface area contributed by atoms with Crippen LogP contribution in [0.25, 0.3) is 11.1 Å². The number of hydrogen-bond donors (Lipinski definition) is 1. The van der Waals surface area contributed by atoms with Gasteiger partial charge in [0.2, 0.25) is 16.0 Å². The van der Waals surface area contributed by atoms with Crippen molar-refractivity contribution in [1.29, 1.82) is 0 Å². The summed E-state index contributed by atoms with van der Waals surface area (Å²) in [6, 6.07) is 12.0. The molecule has 0 bridgehead atoms. The first-order valence-corrected chi connectivity index (χ1v) is 16.9. The van der Waals surface area contributed by atoms with Crippen LogP contribution < -0.4 is 9.46 Å². The lowest BCUT2D eigenvalue weighted by Gasteiger charge is -2.42. The number of rotatable bonds is 12. The van der Waals surface area contributed by atoms with Gasteiger partial charge in [-0.25, -0.2) is 35.5 Å². The molecule has 1 aliphatic heterocycles. The van der Waals surface area contributed by atoms with Crippen molar-refractivity contribution in [2.75, 3.05) is 19.2 Å². The molecule has 0 saturated carbocycles. The average molecular weight is 695 g/mol. The van der Waals surface area contributed by atoms with Gasteiger partial charge >= 0.3 is 12.1 Å². The van der Waals surface area contributed by atoms with E-state index in [0.717, 1.165) is 11.0 Å². The maximum absolute atomic E-state index is 16.3. The Morgan fingerprint density at radius 1 is 0.979 bits per heavy atom. The molecule has 4 rings (SSSR count). The van der Waals surface area contributed by atoms with Crippen molar-refractivity contribution in [3.63, 3.8) is 0 Å². The number of carbonyl (C=O) groups excluding carboxylic acids is 2. The molecule has 1 fully saturated rings. The summed E-state index contributed by atoms with van der Waals surface area (Å²) in [5, 5.41) is 0. The summed E-state index contributed by atoms with van der Waals surface area (Å²) >= 11 is 0. The van der Waals surface area contributed by atoms with Gasteiger partial charge in [0.25, 0.3) is 0 Å². The summed E-state index contributed by atoms with van der Waals surface area (Å²) in [6.45, 7) is 4.51. The number of esters is 1. The van der Waals surface area contributed by atoms with Crippen molar-refractivity contribution in [2.24, 2.45) is 0 Å². The molecule has 260 valence electrons. The third-order valence-electron chi connectivity index (χ3n) is 7.49. The van der Waals surface area contributed by atoms with Crippen molar-refractivity contribution >= 4 is 22.1 Å². The van der Waals surface area contributed by atoms with Crippen LogP contribution in [0, 0.1) is 11.6 Å². The summed E-state index contributed by atoms with van der Waals surface area (Å²) in [4.78, 5) is 26.5. The Kier molecular flexibility index (Phi) is 12.1. The minimum atomic E-state index is -4.60. The fourth-order valence-electron chi connectivity index (χ4n) is 5.37. The Balaban J connectivity index is 1.64. The van der Waals surface area contributed by atoms with Gasteiger partial charge in [-0.1, -0.05) is 60.7 Å². The number of halogens is 4. The van der Waals surface area contributed by atoms with Crippen LogP contribution in [-0.2, 0) is 37.3 Å². The van der Waals surface area contributed by atoms with Gasteiger partial charge in [-0.15, -0.1) is 0 Å². The number of hydrogen-bond acceptors (Lipinski definition) is 7. The summed E-state index contributed by atoms with van der Waals surface area (Å²) in [5.74, 6) is -2.58. The van der Waals surface area contributed by atoms with Gasteiger partial charge in [-0.2, -0.15) is 0 Å². The fraction of sp³-hybridized carbons (Fsp3) is 0.412. The fourth-order valence-corrected chi connectivity index (χ4v) is 6.15. The van der Waals surface area contributed by atoms with Crippen molar-refractivity contribution in [3.05, 3.63) is 89.5 Å². The van der Waals surface area contributed by atoms with Gasteiger partial charge < -0.3 is 19.1 Å². The Hall–Kier alpha value is -4.17. The zero-order chi connectivity index (χ0) is 35.1. The standard InChI is InChI=1S/C34H38F4N2O7S/c1-34(2,3)47-29(41)16-18-45-32-25(13-8-14-27(32)37)24-12-7-11-23(30(24)38)19-28-31(39-48(43,44)21-35)26(36)15-17-40(28)33(42)46-20-22-9-5-4-6-10-22/h4-14,26,28,31,39H,15-21H2,1-3H3/t26-,28-,31-/m0/s1. The number of benzene rings is 3. The molecular formula is C34H38F4N2O7S. The van der Waals surface area contributed by atoms with Crippen LogP contribution in [0.4, 0.5) is 22.4 Å². The number of nitrogens with one attached hydrogen (secondary N) is 1. The lowest BCUT2D eigenvalue weighted by Crippen LogP contribution is -2.62. The van der Waals surface area contributed by atoms with Crippen LogP contribution in [0.1, 0.15) is 44.7 Å². The first kappa shape index (κ1) is 36.7. The summed E-state index contributed by atoms with van der Waals surface area (Å²) in [7, 11) is -4.60. The summed E-state index contributed by atoms with van der Waals surface area (Å²) in [5.41, 5.74) is -0.232. The van der Waals surface area contributed by atoms with Crippen LogP contribution in [-0.4, -0.2) is 68.4 Å². The van der Waals surface area contributed by atoms with E-state index in [1.165, 1.54) is 30.3 Å². The monoisotopic (exact) mass is 694 g/mol. The van der Waals surface area contributed by atoms with Gasteiger partial charge in [0.15, 0.2) is 11.6 Å². The van der Waals surface area contributed by atoms with E-state index in [-0.39, 0.29) is 55.0 Å². The van der Waals surface area contributed by atoms with Gasteiger partial charge in [-0.3, -0.25) is 4.79 Å². The molecule has 3 aromatic carbocycles. The molecule has 0 radical (unpaired) electrons. The van der Waals surface area contributed by atoms with E-state index in [2.05, 4.69) is 0 Å². The second kappa shape index (κ2) is 15.8. The molecule has 0 aliphatic carbocycles. The normalized spacial score (nSPS) is 18.3. The van der Waals surface area contributed by atoms with Crippen molar-refractivity contribution in [1.82, 2.24) is 9.62 Å². The molecule has 1 heterocycles. The zero-order valence-corrected chi connectivity index (χ0v) is 27.6. The lowest BCUT2D eigenvalue weighted by atomic mass is 9.89. The third kappa shape index (κ3) is 9.69. The summed E-state index contributed by atoms with van der Waals surface area (Å²) in [6.07, 6.45) is -3.64. The second-order valence-corrected chi connectivity index (χ2v) is 13.9. The molecule has 0 unspecified atom stereocenters. The molecule has 14 heteroatoms. The quantitative estimate of drug-likeness (QED) is 0.176. The summed E-state index contributed by atoms with van der Waals surface area (Å²) < 4.78 is 103. The van der Waals surface area contributed by atoms with Crippen molar-refractivity contribution in [3.8, 4) is 16.9 Å².